The number of carbonyl (C=O) groups excluding carboxylic acids is 1. The summed E-state index contributed by atoms with van der Waals surface area (Å²) in [6.07, 6.45) is 6.49. The van der Waals surface area contributed by atoms with E-state index in [1.807, 2.05) is 72.8 Å². The number of para-hydroxylation sites is 2. The number of aliphatic imine (C=N–C) groups is 1. The third kappa shape index (κ3) is 11.5. The third-order valence-corrected chi connectivity index (χ3v) is 6.12. The summed E-state index contributed by atoms with van der Waals surface area (Å²) in [7, 11) is 0. The molecule has 1 heterocycles. The van der Waals surface area contributed by atoms with Gasteiger partial charge < -0.3 is 10.1 Å². The Morgan fingerprint density at radius 3 is 1.82 bits per heavy atom. The fraction of sp³-hybridized carbons (Fsp3) is 0.257. The molecule has 1 amide bonds. The van der Waals surface area contributed by atoms with Gasteiger partial charge in [0.15, 0.2) is 0 Å². The molecule has 0 radical (unpaired) electrons. The minimum Gasteiger partial charge on any atom is -0.379 e. The van der Waals surface area contributed by atoms with Crippen LogP contribution in [0.25, 0.3) is 0 Å². The molecule has 4 nitrogen and oxygen atoms in total. The Morgan fingerprint density at radius 1 is 0.795 bits per heavy atom. The molecule has 0 bridgehead atoms. The number of rotatable bonds is 7. The van der Waals surface area contributed by atoms with E-state index >= 15 is 0 Å². The van der Waals surface area contributed by atoms with E-state index in [1.165, 1.54) is 37.0 Å². The standard InChI is InChI=1S/C17H19N.C13H11NO.C5H10O/c1-2-3-14-17(15-10-6-4-7-11-15)18-16-12-8-5-9-13-16;15-13(11-7-3-1-4-8-11)14-12-9-5-2-6-10-12;1-5-3-2-4-6-5/h4-13H,2-3,14H2,1H3;1-10H,(H,14,15);5H,2-4H2,1H3. The van der Waals surface area contributed by atoms with Crippen molar-refractivity contribution in [2.24, 2.45) is 4.99 Å². The lowest BCUT2D eigenvalue weighted by Gasteiger charge is -2.06. The van der Waals surface area contributed by atoms with Crippen LogP contribution in [0.4, 0.5) is 11.4 Å². The van der Waals surface area contributed by atoms with E-state index in [2.05, 4.69) is 55.6 Å². The molecule has 1 N–H and O–H groups in total. The van der Waals surface area contributed by atoms with Crippen molar-refractivity contribution in [3.63, 3.8) is 0 Å². The van der Waals surface area contributed by atoms with Crippen molar-refractivity contribution >= 4 is 23.0 Å². The Labute approximate surface area is 233 Å². The fourth-order valence-electron chi connectivity index (χ4n) is 3.95. The minimum absolute atomic E-state index is 0.0817. The van der Waals surface area contributed by atoms with Gasteiger partial charge in [-0.25, -0.2) is 0 Å². The van der Waals surface area contributed by atoms with E-state index in [9.17, 15) is 4.79 Å². The number of benzene rings is 4. The van der Waals surface area contributed by atoms with Crippen molar-refractivity contribution in [2.75, 3.05) is 11.9 Å². The molecule has 39 heavy (non-hydrogen) atoms. The quantitative estimate of drug-likeness (QED) is 0.247. The average Bonchev–Trinajstić information content (AvgIpc) is 3.49. The monoisotopic (exact) mass is 520 g/mol. The highest BCUT2D eigenvalue weighted by molar-refractivity contribution is 6.04. The van der Waals surface area contributed by atoms with Crippen molar-refractivity contribution in [2.45, 2.75) is 52.1 Å². The van der Waals surface area contributed by atoms with E-state index in [1.54, 1.807) is 12.1 Å². The normalized spacial score (nSPS) is 14.3. The lowest BCUT2D eigenvalue weighted by atomic mass is 10.0. The van der Waals surface area contributed by atoms with Crippen molar-refractivity contribution in [3.05, 3.63) is 132 Å². The number of carbonyl (C=O) groups is 1. The Kier molecular flexibility index (Phi) is 13.2. The van der Waals surface area contributed by atoms with Gasteiger partial charge in [0.05, 0.1) is 11.8 Å². The first kappa shape index (κ1) is 29.5. The highest BCUT2D eigenvalue weighted by atomic mass is 16.5. The fourth-order valence-corrected chi connectivity index (χ4v) is 3.95. The molecule has 1 unspecified atom stereocenters. The first-order valence-electron chi connectivity index (χ1n) is 13.9. The molecule has 0 aliphatic carbocycles. The number of hydrogen-bond acceptors (Lipinski definition) is 3. The summed E-state index contributed by atoms with van der Waals surface area (Å²) in [5, 5.41) is 2.82. The average molecular weight is 521 g/mol. The van der Waals surface area contributed by atoms with Gasteiger partial charge in [-0.2, -0.15) is 0 Å². The Hall–Kier alpha value is -4.02. The van der Waals surface area contributed by atoms with Gasteiger partial charge in [-0.1, -0.05) is 98.3 Å². The molecule has 4 aromatic carbocycles. The summed E-state index contributed by atoms with van der Waals surface area (Å²) >= 11 is 0. The van der Waals surface area contributed by atoms with Gasteiger partial charge in [0.2, 0.25) is 0 Å². The third-order valence-electron chi connectivity index (χ3n) is 6.12. The smallest absolute Gasteiger partial charge is 0.255 e. The van der Waals surface area contributed by atoms with Gasteiger partial charge in [-0.05, 0) is 74.6 Å². The maximum absolute atomic E-state index is 11.7. The zero-order chi connectivity index (χ0) is 27.5. The van der Waals surface area contributed by atoms with Crippen LogP contribution in [0.1, 0.15) is 61.9 Å². The highest BCUT2D eigenvalue weighted by Crippen LogP contribution is 2.16. The minimum atomic E-state index is -0.0817. The van der Waals surface area contributed by atoms with E-state index in [0.717, 1.165) is 24.4 Å². The summed E-state index contributed by atoms with van der Waals surface area (Å²) in [5.41, 5.74) is 4.93. The van der Waals surface area contributed by atoms with Crippen LogP contribution in [-0.2, 0) is 4.74 Å². The number of amides is 1. The molecular weight excluding hydrogens is 480 g/mol. The van der Waals surface area contributed by atoms with Crippen LogP contribution in [0, 0.1) is 0 Å². The van der Waals surface area contributed by atoms with Gasteiger partial charge in [-0.3, -0.25) is 9.79 Å². The largest absolute Gasteiger partial charge is 0.379 e. The van der Waals surface area contributed by atoms with Crippen LogP contribution in [0.2, 0.25) is 0 Å². The second-order valence-electron chi connectivity index (χ2n) is 9.37. The molecule has 5 rings (SSSR count). The summed E-state index contributed by atoms with van der Waals surface area (Å²) in [6, 6.07) is 39.2. The number of nitrogens with one attached hydrogen (secondary N) is 1. The Balaban J connectivity index is 0.000000180. The Morgan fingerprint density at radius 2 is 1.33 bits per heavy atom. The van der Waals surface area contributed by atoms with Crippen molar-refractivity contribution in [1.29, 1.82) is 0 Å². The van der Waals surface area contributed by atoms with Gasteiger partial charge in [0.1, 0.15) is 0 Å². The van der Waals surface area contributed by atoms with Crippen LogP contribution < -0.4 is 5.32 Å². The maximum atomic E-state index is 11.7. The van der Waals surface area contributed by atoms with Gasteiger partial charge in [0.25, 0.3) is 5.91 Å². The molecule has 0 spiro atoms. The predicted octanol–water partition coefficient (Wildman–Crippen LogP) is 9.12. The molecule has 1 fully saturated rings. The maximum Gasteiger partial charge on any atom is 0.255 e. The van der Waals surface area contributed by atoms with E-state index in [4.69, 9.17) is 9.73 Å². The van der Waals surface area contributed by atoms with Crippen LogP contribution >= 0.6 is 0 Å². The van der Waals surface area contributed by atoms with E-state index < -0.39 is 0 Å². The second-order valence-corrected chi connectivity index (χ2v) is 9.37. The molecule has 1 aliphatic rings. The number of nitrogens with zero attached hydrogens (tertiary/aromatic N) is 1. The van der Waals surface area contributed by atoms with Crippen LogP contribution in [-0.4, -0.2) is 24.3 Å². The molecule has 0 aromatic heterocycles. The molecule has 0 saturated carbocycles. The molecule has 1 saturated heterocycles. The summed E-state index contributed by atoms with van der Waals surface area (Å²) in [4.78, 5) is 16.5. The molecule has 202 valence electrons. The van der Waals surface area contributed by atoms with Crippen molar-refractivity contribution in [3.8, 4) is 0 Å². The SMILES string of the molecule is CC1CCCO1.CCCCC(=Nc1ccccc1)c1ccccc1.O=C(Nc1ccccc1)c1ccccc1. The summed E-state index contributed by atoms with van der Waals surface area (Å²) < 4.78 is 5.15. The first-order chi connectivity index (χ1) is 19.2. The Bertz CT molecular complexity index is 1220. The van der Waals surface area contributed by atoms with Gasteiger partial charge >= 0.3 is 0 Å². The lowest BCUT2D eigenvalue weighted by molar-refractivity contribution is 0.102. The van der Waals surface area contributed by atoms with Crippen molar-refractivity contribution in [1.82, 2.24) is 0 Å². The first-order valence-corrected chi connectivity index (χ1v) is 13.9. The van der Waals surface area contributed by atoms with Crippen LogP contribution in [0.5, 0.6) is 0 Å². The van der Waals surface area contributed by atoms with E-state index in [-0.39, 0.29) is 5.91 Å². The van der Waals surface area contributed by atoms with Crippen LogP contribution in [0.3, 0.4) is 0 Å². The molecular formula is C35H40N2O2. The zero-order valence-corrected chi connectivity index (χ0v) is 23.1. The van der Waals surface area contributed by atoms with E-state index in [0.29, 0.717) is 11.7 Å². The van der Waals surface area contributed by atoms with Crippen molar-refractivity contribution < 1.29 is 9.53 Å². The summed E-state index contributed by atoms with van der Waals surface area (Å²) in [5.74, 6) is -0.0817. The highest BCUT2D eigenvalue weighted by Gasteiger charge is 2.07. The molecule has 4 heteroatoms. The van der Waals surface area contributed by atoms with Crippen LogP contribution in [0.15, 0.2) is 126 Å². The van der Waals surface area contributed by atoms with Gasteiger partial charge in [-0.15, -0.1) is 0 Å². The predicted molar refractivity (Wildman–Crippen MR) is 164 cm³/mol. The number of ether oxygens (including phenoxy) is 1. The summed E-state index contributed by atoms with van der Waals surface area (Å²) in [6.45, 7) is 5.32. The van der Waals surface area contributed by atoms with Gasteiger partial charge in [0, 0.05) is 23.6 Å². The zero-order valence-electron chi connectivity index (χ0n) is 23.1. The molecule has 1 atom stereocenters. The second kappa shape index (κ2) is 17.5. The topological polar surface area (TPSA) is 50.7 Å². The lowest BCUT2D eigenvalue weighted by Crippen LogP contribution is -2.11. The molecule has 4 aromatic rings. The number of unbranched alkanes of at least 4 members (excludes halogenated alkanes) is 1. The molecule has 1 aliphatic heterocycles. The number of anilines is 1. The number of hydrogen-bond donors (Lipinski definition) is 1.